The molecule has 0 fully saturated rings. The van der Waals surface area contributed by atoms with Gasteiger partial charge in [0.25, 0.3) is 0 Å². The van der Waals surface area contributed by atoms with E-state index in [1.165, 1.54) is 0 Å². The van der Waals surface area contributed by atoms with E-state index in [2.05, 4.69) is 160 Å². The van der Waals surface area contributed by atoms with Crippen molar-refractivity contribution in [2.75, 3.05) is 9.80 Å². The highest BCUT2D eigenvalue weighted by Gasteiger charge is 2.28. The summed E-state index contributed by atoms with van der Waals surface area (Å²) in [4.78, 5) is 14.1. The van der Waals surface area contributed by atoms with Crippen molar-refractivity contribution >= 4 is 77.9 Å². The predicted octanol–water partition coefficient (Wildman–Crippen LogP) is 15.1. The Morgan fingerprint density at radius 3 is 1.97 bits per heavy atom. The molecule has 12 rings (SSSR count). The van der Waals surface area contributed by atoms with Gasteiger partial charge in [0.2, 0.25) is 0 Å². The molecule has 1 aliphatic rings. The molecule has 11 aromatic rings. The second-order valence-corrected chi connectivity index (χ2v) is 15.0. The van der Waals surface area contributed by atoms with Gasteiger partial charge < -0.3 is 19.0 Å². The van der Waals surface area contributed by atoms with Crippen LogP contribution in [0.4, 0.5) is 34.1 Å². The monoisotopic (exact) mass is 770 g/mol. The molecule has 0 atom stereocenters. The van der Waals surface area contributed by atoms with Gasteiger partial charge in [-0.3, -0.25) is 9.97 Å². The van der Waals surface area contributed by atoms with E-state index in [1.54, 1.807) is 0 Å². The number of hydrogen-bond acceptors (Lipinski definition) is 6. The summed E-state index contributed by atoms with van der Waals surface area (Å²) in [5.74, 6) is 1.51. The van der Waals surface area contributed by atoms with Crippen LogP contribution in [0.1, 0.15) is 0 Å². The summed E-state index contributed by atoms with van der Waals surface area (Å²) in [6.07, 6.45) is 3.78. The van der Waals surface area contributed by atoms with E-state index in [0.29, 0.717) is 0 Å². The van der Waals surface area contributed by atoms with Crippen LogP contribution in [-0.2, 0) is 0 Å². The van der Waals surface area contributed by atoms with Crippen molar-refractivity contribution in [2.45, 2.75) is 0 Å². The van der Waals surface area contributed by atoms with Gasteiger partial charge in [-0.05, 0) is 107 Å². The fraction of sp³-hybridized carbons (Fsp3) is 0. The number of furan rings is 1. The van der Waals surface area contributed by atoms with Crippen LogP contribution in [-0.4, -0.2) is 9.97 Å². The lowest BCUT2D eigenvalue weighted by Gasteiger charge is -2.34. The standard InChI is InChI=1S/C54H34N4O2/c1-2-11-35(12-3-1)41-27-30-56-48-32-38(21-24-44(41)48)57(37-14-10-13-36(31-37)42-28-29-55-47-17-6-4-15-43(42)47)39-23-26-50-54(34-39)60-52-20-9-7-18-49(52)58(50)40-22-25-46-45-16-5-8-19-51(45)59-53(46)33-40/h1-34H. The molecule has 0 bridgehead atoms. The highest BCUT2D eigenvalue weighted by atomic mass is 16.5. The van der Waals surface area contributed by atoms with E-state index in [4.69, 9.17) is 14.1 Å². The molecule has 4 heterocycles. The van der Waals surface area contributed by atoms with Gasteiger partial charge in [-0.15, -0.1) is 0 Å². The van der Waals surface area contributed by atoms with Gasteiger partial charge in [-0.2, -0.15) is 0 Å². The predicted molar refractivity (Wildman–Crippen MR) is 245 cm³/mol. The molecule has 8 aromatic carbocycles. The Bertz CT molecular complexity index is 3440. The van der Waals surface area contributed by atoms with Gasteiger partial charge in [0.05, 0.1) is 28.1 Å². The maximum Gasteiger partial charge on any atom is 0.153 e. The lowest BCUT2D eigenvalue weighted by molar-refractivity contribution is 0.477. The van der Waals surface area contributed by atoms with Crippen molar-refractivity contribution in [1.29, 1.82) is 0 Å². The average molecular weight is 771 g/mol. The number of fused-ring (bicyclic) bond motifs is 7. The van der Waals surface area contributed by atoms with Gasteiger partial charge in [-0.25, -0.2) is 0 Å². The topological polar surface area (TPSA) is 54.6 Å². The van der Waals surface area contributed by atoms with E-state index in [0.717, 1.165) is 112 Å². The third kappa shape index (κ3) is 5.57. The minimum absolute atomic E-state index is 0.738. The summed E-state index contributed by atoms with van der Waals surface area (Å²) in [6, 6.07) is 67.5. The summed E-state index contributed by atoms with van der Waals surface area (Å²) in [5, 5.41) is 4.39. The third-order valence-corrected chi connectivity index (χ3v) is 11.5. The lowest BCUT2D eigenvalue weighted by atomic mass is 9.99. The molecule has 1 aliphatic heterocycles. The Morgan fingerprint density at radius 1 is 0.400 bits per heavy atom. The molecule has 6 nitrogen and oxygen atoms in total. The molecular weight excluding hydrogens is 737 g/mol. The largest absolute Gasteiger partial charge is 0.456 e. The maximum atomic E-state index is 6.79. The zero-order valence-corrected chi connectivity index (χ0v) is 32.2. The van der Waals surface area contributed by atoms with Crippen LogP contribution >= 0.6 is 0 Å². The first-order valence-corrected chi connectivity index (χ1v) is 20.0. The van der Waals surface area contributed by atoms with Crippen molar-refractivity contribution < 1.29 is 9.15 Å². The number of aromatic nitrogens is 2. The average Bonchev–Trinajstić information content (AvgIpc) is 3.69. The van der Waals surface area contributed by atoms with Crippen molar-refractivity contribution in [3.8, 4) is 33.8 Å². The Hall–Kier alpha value is -8.22. The molecule has 0 amide bonds. The summed E-state index contributed by atoms with van der Waals surface area (Å²) in [5.41, 5.74) is 13.9. The number of ether oxygens (including phenoxy) is 1. The zero-order chi connectivity index (χ0) is 39.6. The molecule has 0 N–H and O–H groups in total. The smallest absolute Gasteiger partial charge is 0.153 e. The van der Waals surface area contributed by atoms with Crippen molar-refractivity contribution in [2.24, 2.45) is 0 Å². The first-order chi connectivity index (χ1) is 29.7. The number of hydrogen-bond donors (Lipinski definition) is 0. The van der Waals surface area contributed by atoms with Crippen LogP contribution < -0.4 is 14.5 Å². The van der Waals surface area contributed by atoms with Gasteiger partial charge in [-0.1, -0.05) is 97.1 Å². The SMILES string of the molecule is c1ccc(-c2ccnc3cc(N(c4cccc(-c5ccnc6ccccc56)c4)c4ccc5c(c4)Oc4ccccc4N5c4ccc5c(c4)oc4ccccc45)ccc23)cc1. The highest BCUT2D eigenvalue weighted by Crippen LogP contribution is 2.53. The van der Waals surface area contributed by atoms with Gasteiger partial charge >= 0.3 is 0 Å². The summed E-state index contributed by atoms with van der Waals surface area (Å²) in [7, 11) is 0. The second-order valence-electron chi connectivity index (χ2n) is 15.0. The molecule has 0 radical (unpaired) electrons. The number of rotatable bonds is 6. The molecule has 0 saturated heterocycles. The van der Waals surface area contributed by atoms with E-state index in [9.17, 15) is 0 Å². The summed E-state index contributed by atoms with van der Waals surface area (Å²) < 4.78 is 13.2. The summed E-state index contributed by atoms with van der Waals surface area (Å²) >= 11 is 0. The quantitative estimate of drug-likeness (QED) is 0.168. The molecule has 60 heavy (non-hydrogen) atoms. The van der Waals surface area contributed by atoms with Crippen molar-refractivity contribution in [1.82, 2.24) is 9.97 Å². The first kappa shape index (κ1) is 33.9. The third-order valence-electron chi connectivity index (χ3n) is 11.5. The molecule has 282 valence electrons. The molecule has 0 spiro atoms. The minimum atomic E-state index is 0.738. The van der Waals surface area contributed by atoms with Crippen LogP contribution in [0.5, 0.6) is 11.5 Å². The Labute approximate surface area is 345 Å². The normalized spacial score (nSPS) is 12.1. The minimum Gasteiger partial charge on any atom is -0.456 e. The molecule has 6 heteroatoms. The van der Waals surface area contributed by atoms with E-state index < -0.39 is 0 Å². The molecule has 0 saturated carbocycles. The Morgan fingerprint density at radius 2 is 1.05 bits per heavy atom. The fourth-order valence-electron chi connectivity index (χ4n) is 8.77. The van der Waals surface area contributed by atoms with E-state index in [-0.39, 0.29) is 0 Å². The number of benzene rings is 8. The number of nitrogens with zero attached hydrogens (tertiary/aromatic N) is 4. The highest BCUT2D eigenvalue weighted by molar-refractivity contribution is 6.06. The molecule has 0 unspecified atom stereocenters. The molecule has 0 aliphatic carbocycles. The Balaban J connectivity index is 1.03. The van der Waals surface area contributed by atoms with Crippen LogP contribution in [0.15, 0.2) is 211 Å². The maximum absolute atomic E-state index is 6.79. The van der Waals surface area contributed by atoms with Crippen molar-refractivity contribution in [3.63, 3.8) is 0 Å². The number of para-hydroxylation sites is 4. The lowest BCUT2D eigenvalue weighted by Crippen LogP contribution is -2.17. The van der Waals surface area contributed by atoms with Gasteiger partial charge in [0.15, 0.2) is 11.5 Å². The first-order valence-electron chi connectivity index (χ1n) is 20.0. The van der Waals surface area contributed by atoms with Crippen LogP contribution in [0.3, 0.4) is 0 Å². The second kappa shape index (κ2) is 13.7. The fourth-order valence-corrected chi connectivity index (χ4v) is 8.77. The van der Waals surface area contributed by atoms with E-state index >= 15 is 0 Å². The van der Waals surface area contributed by atoms with Crippen LogP contribution in [0.25, 0.3) is 66.0 Å². The Kier molecular flexibility index (Phi) is 7.74. The number of pyridine rings is 2. The van der Waals surface area contributed by atoms with E-state index in [1.807, 2.05) is 60.9 Å². The van der Waals surface area contributed by atoms with Crippen LogP contribution in [0.2, 0.25) is 0 Å². The zero-order valence-electron chi connectivity index (χ0n) is 32.2. The van der Waals surface area contributed by atoms with Gasteiger partial charge in [0.1, 0.15) is 11.2 Å². The van der Waals surface area contributed by atoms with Crippen LogP contribution in [0, 0.1) is 0 Å². The molecular formula is C54H34N4O2. The molecule has 3 aromatic heterocycles. The number of anilines is 6. The summed E-state index contributed by atoms with van der Waals surface area (Å²) in [6.45, 7) is 0. The van der Waals surface area contributed by atoms with Crippen molar-refractivity contribution in [3.05, 3.63) is 207 Å². The van der Waals surface area contributed by atoms with Gasteiger partial charge in [0, 0.05) is 63.1 Å².